The summed E-state index contributed by atoms with van der Waals surface area (Å²) in [6.45, 7) is 5.52. The fourth-order valence-electron chi connectivity index (χ4n) is 3.73. The van der Waals surface area contributed by atoms with Crippen molar-refractivity contribution in [3.05, 3.63) is 36.3 Å². The summed E-state index contributed by atoms with van der Waals surface area (Å²) >= 11 is 0. The number of alkyl carbamates (subject to hydrolysis) is 1. The molecule has 0 bridgehead atoms. The lowest BCUT2D eigenvalue weighted by Gasteiger charge is -2.31. The van der Waals surface area contributed by atoms with Gasteiger partial charge in [-0.3, -0.25) is 15.4 Å². The second-order valence-corrected chi connectivity index (χ2v) is 8.65. The summed E-state index contributed by atoms with van der Waals surface area (Å²) in [5.74, 6) is 0.356. The van der Waals surface area contributed by atoms with E-state index in [9.17, 15) is 4.79 Å². The molecule has 0 aliphatic heterocycles. The van der Waals surface area contributed by atoms with Gasteiger partial charge in [-0.05, 0) is 52.2 Å². The van der Waals surface area contributed by atoms with Crippen LogP contribution in [-0.4, -0.2) is 37.7 Å². The number of nitrogens with zero attached hydrogens (tertiary/aromatic N) is 3. The lowest BCUT2D eigenvalue weighted by Crippen LogP contribution is -2.43. The summed E-state index contributed by atoms with van der Waals surface area (Å²) in [5, 5.41) is 19.9. The first-order valence-electron chi connectivity index (χ1n) is 9.96. The van der Waals surface area contributed by atoms with Crippen LogP contribution in [0.1, 0.15) is 46.5 Å². The van der Waals surface area contributed by atoms with Crippen LogP contribution in [0.2, 0.25) is 0 Å². The summed E-state index contributed by atoms with van der Waals surface area (Å²) in [6, 6.07) is 3.55. The zero-order chi connectivity index (χ0) is 21.2. The third kappa shape index (κ3) is 5.13. The minimum absolute atomic E-state index is 0.0282. The number of ether oxygens (including phenoxy) is 1. The molecule has 0 saturated heterocycles. The maximum atomic E-state index is 12.1. The number of hydrogen-bond acceptors (Lipinski definition) is 5. The lowest BCUT2D eigenvalue weighted by atomic mass is 9.84. The number of hydrogen-bond donors (Lipinski definition) is 3. The number of imidazole rings is 1. The summed E-state index contributed by atoms with van der Waals surface area (Å²) < 4.78 is 8.90. The maximum absolute atomic E-state index is 12.1. The van der Waals surface area contributed by atoms with Gasteiger partial charge in [0, 0.05) is 30.8 Å². The van der Waals surface area contributed by atoms with Gasteiger partial charge in [0.2, 0.25) is 0 Å². The molecule has 2 atom stereocenters. The van der Waals surface area contributed by atoms with Crippen LogP contribution in [-0.2, 0) is 11.8 Å². The fourth-order valence-corrected chi connectivity index (χ4v) is 3.73. The summed E-state index contributed by atoms with van der Waals surface area (Å²) in [4.78, 5) is 16.3. The predicted octanol–water partition coefficient (Wildman–Crippen LogP) is 3.28. The van der Waals surface area contributed by atoms with E-state index in [0.29, 0.717) is 12.3 Å². The average molecular weight is 399 g/mol. The zero-order valence-corrected chi connectivity index (χ0v) is 17.5. The van der Waals surface area contributed by atoms with Crippen molar-refractivity contribution in [1.29, 1.82) is 10.8 Å². The Morgan fingerprint density at radius 1 is 1.31 bits per heavy atom. The van der Waals surface area contributed by atoms with E-state index in [1.54, 1.807) is 23.2 Å². The maximum Gasteiger partial charge on any atom is 0.407 e. The summed E-state index contributed by atoms with van der Waals surface area (Å²) in [7, 11) is 1.92. The predicted molar refractivity (Wildman–Crippen MR) is 111 cm³/mol. The molecule has 0 radical (unpaired) electrons. The van der Waals surface area contributed by atoms with Crippen LogP contribution in [0.4, 0.5) is 4.79 Å². The van der Waals surface area contributed by atoms with E-state index in [0.717, 1.165) is 30.5 Å². The molecule has 8 nitrogen and oxygen atoms in total. The molecule has 3 rings (SSSR count). The quantitative estimate of drug-likeness (QED) is 0.545. The molecular weight excluding hydrogens is 368 g/mol. The van der Waals surface area contributed by atoms with Gasteiger partial charge in [0.25, 0.3) is 0 Å². The molecule has 0 spiro atoms. The van der Waals surface area contributed by atoms with Gasteiger partial charge in [-0.2, -0.15) is 0 Å². The van der Waals surface area contributed by atoms with Crippen LogP contribution in [0.5, 0.6) is 0 Å². The third-order valence-electron chi connectivity index (χ3n) is 5.10. The molecule has 156 valence electrons. The standard InChI is InChI=1S/C21H30N6O2/c1-21(2,3)29-20(28)25-16-7-5-6-14(10-16)19(23)27-12-15(8-9-18(27)22)17-11-24-13-26(17)4/h8-9,11-14,16,22-23H,5-7,10H2,1-4H3,(H,25,28)/t14-,16+/m0/s1. The first-order chi connectivity index (χ1) is 13.6. The Bertz CT molecular complexity index is 953. The van der Waals surface area contributed by atoms with E-state index in [2.05, 4.69) is 10.3 Å². The number of aromatic nitrogens is 3. The van der Waals surface area contributed by atoms with Crippen molar-refractivity contribution >= 4 is 11.9 Å². The fraction of sp³-hybridized carbons (Fsp3) is 0.524. The van der Waals surface area contributed by atoms with Crippen molar-refractivity contribution in [1.82, 2.24) is 19.4 Å². The molecule has 2 aromatic heterocycles. The van der Waals surface area contributed by atoms with Crippen molar-refractivity contribution in [2.24, 2.45) is 13.0 Å². The normalized spacial score (nSPS) is 19.6. The van der Waals surface area contributed by atoms with Crippen LogP contribution in [0.15, 0.2) is 30.9 Å². The van der Waals surface area contributed by atoms with Crippen molar-refractivity contribution in [2.45, 2.75) is 58.1 Å². The van der Waals surface area contributed by atoms with Crippen molar-refractivity contribution < 1.29 is 9.53 Å². The molecule has 3 N–H and O–H groups in total. The number of carbonyl (C=O) groups is 1. The molecule has 2 aromatic rings. The number of carbonyl (C=O) groups excluding carboxylic acids is 1. The summed E-state index contributed by atoms with van der Waals surface area (Å²) in [5.41, 5.74) is 1.57. The highest BCUT2D eigenvalue weighted by Crippen LogP contribution is 2.26. The third-order valence-corrected chi connectivity index (χ3v) is 5.10. The van der Waals surface area contributed by atoms with Gasteiger partial charge in [-0.1, -0.05) is 6.42 Å². The molecule has 29 heavy (non-hydrogen) atoms. The van der Waals surface area contributed by atoms with Crippen LogP contribution in [0.3, 0.4) is 0 Å². The highest BCUT2D eigenvalue weighted by molar-refractivity contribution is 5.84. The Balaban J connectivity index is 1.74. The van der Waals surface area contributed by atoms with Gasteiger partial charge >= 0.3 is 6.09 Å². The van der Waals surface area contributed by atoms with Crippen molar-refractivity contribution in [3.8, 4) is 11.3 Å². The minimum Gasteiger partial charge on any atom is -0.444 e. The number of amides is 1. The number of rotatable bonds is 3. The number of nitrogens with one attached hydrogen (secondary N) is 3. The Morgan fingerprint density at radius 3 is 2.72 bits per heavy atom. The average Bonchev–Trinajstić information content (AvgIpc) is 3.06. The van der Waals surface area contributed by atoms with Crippen LogP contribution < -0.4 is 10.8 Å². The van der Waals surface area contributed by atoms with Crippen LogP contribution in [0.25, 0.3) is 11.3 Å². The number of aryl methyl sites for hydroxylation is 1. The van der Waals surface area contributed by atoms with Gasteiger partial charge < -0.3 is 14.6 Å². The monoisotopic (exact) mass is 398 g/mol. The Labute approximate surface area is 170 Å². The summed E-state index contributed by atoms with van der Waals surface area (Å²) in [6.07, 6.45) is 8.24. The zero-order valence-electron chi connectivity index (χ0n) is 17.5. The minimum atomic E-state index is -0.535. The van der Waals surface area contributed by atoms with E-state index < -0.39 is 11.7 Å². The molecule has 0 unspecified atom stereocenters. The second-order valence-electron chi connectivity index (χ2n) is 8.65. The van der Waals surface area contributed by atoms with Gasteiger partial charge in [-0.25, -0.2) is 9.78 Å². The first kappa shape index (κ1) is 20.8. The van der Waals surface area contributed by atoms with Crippen molar-refractivity contribution in [2.75, 3.05) is 0 Å². The molecule has 1 amide bonds. The van der Waals surface area contributed by atoms with Crippen LogP contribution >= 0.6 is 0 Å². The molecular formula is C21H30N6O2. The SMILES string of the molecule is Cn1cncc1-c1ccc(=N)n(C(=N)[C@H]2CCC[C@@H](NC(=O)OC(C)(C)C)C2)c1. The van der Waals surface area contributed by atoms with E-state index in [-0.39, 0.29) is 17.4 Å². The molecule has 2 heterocycles. The van der Waals surface area contributed by atoms with Gasteiger partial charge in [0.05, 0.1) is 18.2 Å². The largest absolute Gasteiger partial charge is 0.444 e. The highest BCUT2D eigenvalue weighted by Gasteiger charge is 2.28. The molecule has 1 saturated carbocycles. The highest BCUT2D eigenvalue weighted by atomic mass is 16.6. The van der Waals surface area contributed by atoms with E-state index >= 15 is 0 Å². The van der Waals surface area contributed by atoms with Crippen molar-refractivity contribution in [3.63, 3.8) is 0 Å². The lowest BCUT2D eigenvalue weighted by molar-refractivity contribution is 0.0489. The molecule has 8 heteroatoms. The molecule has 1 fully saturated rings. The molecule has 0 aromatic carbocycles. The van der Waals surface area contributed by atoms with Gasteiger partial charge in [0.15, 0.2) is 0 Å². The topological polar surface area (TPSA) is 109 Å². The Morgan fingerprint density at radius 2 is 2.07 bits per heavy atom. The van der Waals surface area contributed by atoms with E-state index in [1.807, 2.05) is 44.6 Å². The molecule has 1 aliphatic carbocycles. The second kappa shape index (κ2) is 8.23. The Kier molecular flexibility index (Phi) is 5.91. The first-order valence-corrected chi connectivity index (χ1v) is 9.96. The van der Waals surface area contributed by atoms with E-state index in [4.69, 9.17) is 15.6 Å². The smallest absolute Gasteiger partial charge is 0.407 e. The number of pyridine rings is 1. The van der Waals surface area contributed by atoms with Gasteiger partial charge in [0.1, 0.15) is 16.9 Å². The van der Waals surface area contributed by atoms with Gasteiger partial charge in [-0.15, -0.1) is 0 Å². The van der Waals surface area contributed by atoms with E-state index in [1.165, 1.54) is 0 Å². The van der Waals surface area contributed by atoms with Crippen LogP contribution in [0, 0.1) is 16.7 Å². The molecule has 1 aliphatic rings. The Hall–Kier alpha value is -2.90.